The van der Waals surface area contributed by atoms with Crippen LogP contribution in [0.15, 0.2) is 18.2 Å². The lowest BCUT2D eigenvalue weighted by Crippen LogP contribution is -2.22. The quantitative estimate of drug-likeness (QED) is 0.201. The third-order valence-electron chi connectivity index (χ3n) is 3.51. The zero-order chi connectivity index (χ0) is 17.0. The Bertz CT molecular complexity index is 894. The van der Waals surface area contributed by atoms with Gasteiger partial charge in [0, 0.05) is 11.1 Å². The van der Waals surface area contributed by atoms with Gasteiger partial charge in [0.1, 0.15) is 0 Å². The number of hydrogen-bond acceptors (Lipinski definition) is 2. The highest BCUT2D eigenvalue weighted by atomic mass is 79.9. The molecule has 0 saturated carbocycles. The van der Waals surface area contributed by atoms with E-state index < -0.39 is 11.6 Å². The molecule has 0 N–H and O–H groups in total. The van der Waals surface area contributed by atoms with Gasteiger partial charge in [-0.25, -0.2) is 0 Å². The van der Waals surface area contributed by atoms with Crippen LogP contribution in [-0.4, -0.2) is 11.6 Å². The molecule has 118 valence electrons. The number of hydrogen-bond donors (Lipinski definition) is 0. The average Bonchev–Trinajstić information content (AvgIpc) is 2.53. The van der Waals surface area contributed by atoms with E-state index in [1.807, 2.05) is 0 Å². The number of halogens is 6. The van der Waals surface area contributed by atoms with Crippen LogP contribution in [0.5, 0.6) is 0 Å². The first-order valence-corrected chi connectivity index (χ1v) is 9.47. The smallest absolute Gasteiger partial charge is 0.196 e. The summed E-state index contributed by atoms with van der Waals surface area (Å²) in [7, 11) is 0. The number of carbonyl (C=O) groups excluding carboxylic acids is 2. The molecule has 0 aromatic heterocycles. The van der Waals surface area contributed by atoms with Crippen LogP contribution in [0.3, 0.4) is 0 Å². The maximum Gasteiger partial charge on any atom is 0.196 e. The molecule has 0 radical (unpaired) electrons. The van der Waals surface area contributed by atoms with Gasteiger partial charge >= 0.3 is 0 Å². The predicted octanol–water partition coefficient (Wildman–Crippen LogP) is 6.86. The Kier molecular flexibility index (Phi) is 4.87. The van der Waals surface area contributed by atoms with Crippen molar-refractivity contribution in [1.82, 2.24) is 0 Å². The number of carbonyl (C=O) groups is 2. The van der Waals surface area contributed by atoms with Gasteiger partial charge in [-0.15, -0.1) is 0 Å². The Morgan fingerprint density at radius 3 is 1.70 bits per heavy atom. The van der Waals surface area contributed by atoms with E-state index in [0.29, 0.717) is 0 Å². The Balaban J connectivity index is 2.36. The van der Waals surface area contributed by atoms with E-state index in [4.69, 9.17) is 46.4 Å². The van der Waals surface area contributed by atoms with Gasteiger partial charge in [-0.05, 0) is 17.7 Å². The second-order valence-electron chi connectivity index (χ2n) is 4.77. The Labute approximate surface area is 168 Å². The van der Waals surface area contributed by atoms with Crippen LogP contribution in [-0.2, 0) is 0 Å². The van der Waals surface area contributed by atoms with Crippen molar-refractivity contribution in [2.24, 2.45) is 0 Å². The maximum absolute atomic E-state index is 12.8. The molecule has 2 aromatic carbocycles. The van der Waals surface area contributed by atoms with Crippen LogP contribution in [0.1, 0.15) is 41.1 Å². The molecule has 0 atom stereocenters. The van der Waals surface area contributed by atoms with Crippen molar-refractivity contribution in [3.05, 3.63) is 66.1 Å². The van der Waals surface area contributed by atoms with Gasteiger partial charge in [-0.3, -0.25) is 9.59 Å². The minimum absolute atomic E-state index is 0.00875. The summed E-state index contributed by atoms with van der Waals surface area (Å²) in [4.78, 5) is 25.6. The lowest BCUT2D eigenvalue weighted by molar-refractivity contribution is 0.0979. The maximum atomic E-state index is 12.8. The van der Waals surface area contributed by atoms with Crippen molar-refractivity contribution in [2.75, 3.05) is 0 Å². The zero-order valence-electron chi connectivity index (χ0n) is 10.9. The molecule has 0 fully saturated rings. The van der Waals surface area contributed by atoms with Crippen molar-refractivity contribution in [3.8, 4) is 0 Å². The molecule has 0 bridgehead atoms. The first-order chi connectivity index (χ1) is 10.8. The molecule has 3 rings (SSSR count). The van der Waals surface area contributed by atoms with Crippen molar-refractivity contribution >= 4 is 89.8 Å². The van der Waals surface area contributed by atoms with Gasteiger partial charge in [0.25, 0.3) is 0 Å². The fraction of sp³-hybridized carbons (Fsp3) is 0.0667. The molecule has 2 nitrogen and oxygen atoms in total. The van der Waals surface area contributed by atoms with Gasteiger partial charge in [-0.2, -0.15) is 0 Å². The predicted molar refractivity (Wildman–Crippen MR) is 100 cm³/mol. The molecule has 0 unspecified atom stereocenters. The first-order valence-electron chi connectivity index (χ1n) is 6.13. The fourth-order valence-electron chi connectivity index (χ4n) is 2.41. The third kappa shape index (κ3) is 2.68. The molecule has 0 heterocycles. The third-order valence-corrected chi connectivity index (χ3v) is 6.37. The Morgan fingerprint density at radius 2 is 1.22 bits per heavy atom. The number of rotatable bonds is 1. The van der Waals surface area contributed by atoms with E-state index in [0.717, 1.165) is 5.56 Å². The van der Waals surface area contributed by atoms with E-state index in [9.17, 15) is 9.59 Å². The van der Waals surface area contributed by atoms with Crippen LogP contribution < -0.4 is 0 Å². The molecule has 0 saturated heterocycles. The highest BCUT2D eigenvalue weighted by Crippen LogP contribution is 2.45. The van der Waals surface area contributed by atoms with E-state index in [-0.39, 0.29) is 46.1 Å². The summed E-state index contributed by atoms with van der Waals surface area (Å²) in [6.07, 6.45) is 0. The SMILES string of the molecule is O=C1c2ccc(C(Br)Br)cc2C(=O)c2c(Cl)c(Cl)c(Cl)c(Cl)c21. The molecule has 0 aliphatic heterocycles. The van der Waals surface area contributed by atoms with Gasteiger partial charge in [-0.1, -0.05) is 84.3 Å². The lowest BCUT2D eigenvalue weighted by Gasteiger charge is -2.22. The van der Waals surface area contributed by atoms with E-state index in [2.05, 4.69) is 31.9 Å². The van der Waals surface area contributed by atoms with Gasteiger partial charge in [0.2, 0.25) is 0 Å². The van der Waals surface area contributed by atoms with E-state index >= 15 is 0 Å². The monoisotopic (exact) mass is 514 g/mol. The summed E-state index contributed by atoms with van der Waals surface area (Å²) in [6.45, 7) is 0. The molecule has 2 aromatic rings. The molecule has 1 aliphatic carbocycles. The number of benzene rings is 2. The normalized spacial score (nSPS) is 13.3. The molecule has 1 aliphatic rings. The number of alkyl halides is 2. The van der Waals surface area contributed by atoms with Crippen molar-refractivity contribution in [1.29, 1.82) is 0 Å². The summed E-state index contributed by atoms with van der Waals surface area (Å²) >= 11 is 31.0. The highest BCUT2D eigenvalue weighted by Gasteiger charge is 2.36. The summed E-state index contributed by atoms with van der Waals surface area (Å²) in [5.41, 5.74) is 1.27. The largest absolute Gasteiger partial charge is 0.289 e. The Morgan fingerprint density at radius 1 is 0.739 bits per heavy atom. The van der Waals surface area contributed by atoms with Crippen LogP contribution in [0.4, 0.5) is 0 Å². The van der Waals surface area contributed by atoms with Crippen molar-refractivity contribution < 1.29 is 9.59 Å². The van der Waals surface area contributed by atoms with Crippen LogP contribution in [0.2, 0.25) is 20.1 Å². The molecular formula is C15H4Br2Cl4O2. The minimum atomic E-state index is -0.414. The molecule has 8 heteroatoms. The molecule has 0 amide bonds. The van der Waals surface area contributed by atoms with Gasteiger partial charge in [0.05, 0.1) is 35.0 Å². The summed E-state index contributed by atoms with van der Waals surface area (Å²) < 4.78 is -0.155. The second-order valence-corrected chi connectivity index (χ2v) is 9.34. The number of fused-ring (bicyclic) bond motifs is 2. The Hall–Kier alpha value is -0.100. The van der Waals surface area contributed by atoms with E-state index in [1.165, 1.54) is 0 Å². The van der Waals surface area contributed by atoms with Crippen LogP contribution in [0.25, 0.3) is 0 Å². The second kappa shape index (κ2) is 6.32. The first kappa shape index (κ1) is 17.7. The van der Waals surface area contributed by atoms with Crippen LogP contribution in [0, 0.1) is 0 Å². The molecule has 23 heavy (non-hydrogen) atoms. The minimum Gasteiger partial charge on any atom is -0.289 e. The topological polar surface area (TPSA) is 34.1 Å². The van der Waals surface area contributed by atoms with Gasteiger partial charge < -0.3 is 0 Å². The molecular weight excluding hydrogens is 514 g/mol. The average molecular weight is 518 g/mol. The zero-order valence-corrected chi connectivity index (χ0v) is 17.1. The molecule has 0 spiro atoms. The summed E-state index contributed by atoms with van der Waals surface area (Å²) in [6, 6.07) is 4.94. The standard InChI is InChI=1S/C15H4Br2Cl4O2/c16-15(17)4-1-2-5-6(3-4)14(23)8-7(13(5)22)9(18)11(20)12(21)10(8)19/h1-3,15H. The van der Waals surface area contributed by atoms with Crippen LogP contribution >= 0.6 is 78.3 Å². The number of ketones is 2. The lowest BCUT2D eigenvalue weighted by atomic mass is 9.83. The van der Waals surface area contributed by atoms with Crippen molar-refractivity contribution in [3.63, 3.8) is 0 Å². The van der Waals surface area contributed by atoms with Gasteiger partial charge in [0.15, 0.2) is 11.6 Å². The highest BCUT2D eigenvalue weighted by molar-refractivity contribution is 9.24. The fourth-order valence-corrected chi connectivity index (χ4v) is 4.00. The van der Waals surface area contributed by atoms with E-state index in [1.54, 1.807) is 18.2 Å². The van der Waals surface area contributed by atoms with Crippen molar-refractivity contribution in [2.45, 2.75) is 3.74 Å². The summed E-state index contributed by atoms with van der Waals surface area (Å²) in [5.74, 6) is -0.824. The summed E-state index contributed by atoms with van der Waals surface area (Å²) in [5, 5.41) is -0.223.